The summed E-state index contributed by atoms with van der Waals surface area (Å²) >= 11 is 0. The third-order valence-corrected chi connectivity index (χ3v) is 6.09. The lowest BCUT2D eigenvalue weighted by Crippen LogP contribution is -2.40. The highest BCUT2D eigenvalue weighted by Gasteiger charge is 2.56. The lowest BCUT2D eigenvalue weighted by molar-refractivity contribution is -0.0186. The molecule has 2 heterocycles. The number of nitrogens with two attached hydrogens (primary N) is 1. The lowest BCUT2D eigenvalue weighted by Gasteiger charge is -2.25. The van der Waals surface area contributed by atoms with E-state index in [2.05, 4.69) is 16.2 Å². The maximum Gasteiger partial charge on any atom is 0.508 e. The molecule has 10 nitrogen and oxygen atoms in total. The number of nitriles is 1. The van der Waals surface area contributed by atoms with Crippen LogP contribution in [0.5, 0.6) is 0 Å². The van der Waals surface area contributed by atoms with E-state index < -0.39 is 29.7 Å². The molecule has 0 aliphatic heterocycles. The number of nitrogen functional groups attached to an aromatic ring is 1. The van der Waals surface area contributed by atoms with E-state index in [1.54, 1.807) is 12.1 Å². The molecule has 2 aliphatic carbocycles. The number of ether oxygens (including phenoxy) is 2. The van der Waals surface area contributed by atoms with Gasteiger partial charge in [0.25, 0.3) is 0 Å². The maximum absolute atomic E-state index is 11.8. The van der Waals surface area contributed by atoms with Gasteiger partial charge >= 0.3 is 6.16 Å². The summed E-state index contributed by atoms with van der Waals surface area (Å²) in [6, 6.07) is 5.43. The Labute approximate surface area is 166 Å². The first kappa shape index (κ1) is 19.4. The predicted molar refractivity (Wildman–Crippen MR) is 99.5 cm³/mol. The number of aromatic nitrogens is 3. The maximum atomic E-state index is 11.8. The number of fused-ring (bicyclic) bond motifs is 1. The fraction of sp³-hybridized carbons (Fsp3) is 0.579. The van der Waals surface area contributed by atoms with E-state index in [9.17, 15) is 20.3 Å². The molecule has 2 aliphatic rings. The van der Waals surface area contributed by atoms with Crippen molar-refractivity contribution in [3.05, 3.63) is 24.2 Å². The smallest absolute Gasteiger partial charge is 0.434 e. The molecule has 2 fully saturated rings. The SMILES string of the molecule is CC1(COC(=O)OC[C@H]2C[C@@](C#N)(c3ccc4c(N)ncnn34)[C@H](O)[C@@H]2O)CC1. The van der Waals surface area contributed by atoms with Gasteiger partial charge < -0.3 is 25.4 Å². The number of aliphatic hydroxyl groups is 2. The third-order valence-electron chi connectivity index (χ3n) is 6.09. The number of anilines is 1. The number of carbonyl (C=O) groups is 1. The first-order valence-electron chi connectivity index (χ1n) is 9.45. The van der Waals surface area contributed by atoms with E-state index in [-0.39, 0.29) is 24.3 Å². The molecule has 0 unspecified atom stereocenters. The Morgan fingerprint density at radius 1 is 1.41 bits per heavy atom. The van der Waals surface area contributed by atoms with Gasteiger partial charge in [-0.3, -0.25) is 0 Å². The predicted octanol–water partition coefficient (Wildman–Crippen LogP) is 0.768. The van der Waals surface area contributed by atoms with E-state index in [0.717, 1.165) is 12.8 Å². The summed E-state index contributed by atoms with van der Waals surface area (Å²) in [5.74, 6) is -0.405. The van der Waals surface area contributed by atoms with Crippen LogP contribution in [-0.4, -0.2) is 56.4 Å². The number of hydrogen-bond donors (Lipinski definition) is 3. The monoisotopic (exact) mass is 401 g/mol. The summed E-state index contributed by atoms with van der Waals surface area (Å²) < 4.78 is 11.7. The van der Waals surface area contributed by atoms with Gasteiger partial charge in [0.05, 0.1) is 17.9 Å². The van der Waals surface area contributed by atoms with Crippen LogP contribution in [0.3, 0.4) is 0 Å². The Morgan fingerprint density at radius 3 is 2.86 bits per heavy atom. The summed E-state index contributed by atoms with van der Waals surface area (Å²) in [6.07, 6.45) is -0.110. The molecule has 0 aromatic carbocycles. The summed E-state index contributed by atoms with van der Waals surface area (Å²) in [5.41, 5.74) is 5.34. The van der Waals surface area contributed by atoms with Gasteiger partial charge in [0, 0.05) is 11.3 Å². The second-order valence-electron chi connectivity index (χ2n) is 8.30. The van der Waals surface area contributed by atoms with Gasteiger partial charge in [-0.25, -0.2) is 14.3 Å². The Morgan fingerprint density at radius 2 is 2.17 bits per heavy atom. The van der Waals surface area contributed by atoms with E-state index >= 15 is 0 Å². The molecule has 4 N–H and O–H groups in total. The van der Waals surface area contributed by atoms with Gasteiger partial charge in [-0.15, -0.1) is 0 Å². The van der Waals surface area contributed by atoms with Crippen molar-refractivity contribution in [2.45, 2.75) is 43.8 Å². The zero-order chi connectivity index (χ0) is 20.8. The molecule has 4 rings (SSSR count). The molecule has 2 aromatic rings. The molecule has 0 saturated heterocycles. The zero-order valence-corrected chi connectivity index (χ0v) is 16.0. The highest BCUT2D eigenvalue weighted by Crippen LogP contribution is 2.46. The average molecular weight is 401 g/mol. The molecule has 0 spiro atoms. The normalized spacial score (nSPS) is 30.1. The standard InChI is InChI=1S/C19H23N5O5/c1-18(4-5-18)9-29-17(27)28-7-11-6-19(8-20,15(26)14(11)25)13-3-2-12-16(21)22-10-23-24(12)13/h2-3,10-11,14-15,25-26H,4-7,9H2,1H3,(H2,21,22,23)/t11-,14-,15-,19-/m1/s1. The van der Waals surface area contributed by atoms with Gasteiger partial charge in [-0.2, -0.15) is 10.4 Å². The van der Waals surface area contributed by atoms with Gasteiger partial charge in [0.1, 0.15) is 36.6 Å². The second kappa shape index (κ2) is 6.86. The van der Waals surface area contributed by atoms with Crippen molar-refractivity contribution in [1.29, 1.82) is 5.26 Å². The van der Waals surface area contributed by atoms with Crippen LogP contribution in [-0.2, 0) is 14.9 Å². The molecular weight excluding hydrogens is 378 g/mol. The van der Waals surface area contributed by atoms with Crippen LogP contribution < -0.4 is 5.73 Å². The molecule has 4 atom stereocenters. The van der Waals surface area contributed by atoms with Crippen LogP contribution in [0.15, 0.2) is 18.5 Å². The van der Waals surface area contributed by atoms with Crippen molar-refractivity contribution in [3.63, 3.8) is 0 Å². The number of hydrogen-bond acceptors (Lipinski definition) is 9. The molecular formula is C19H23N5O5. The van der Waals surface area contributed by atoms with E-state index in [4.69, 9.17) is 15.2 Å². The Bertz CT molecular complexity index is 981. The minimum atomic E-state index is -1.44. The Kier molecular flexibility index (Phi) is 4.59. The highest BCUT2D eigenvalue weighted by molar-refractivity contribution is 5.66. The zero-order valence-electron chi connectivity index (χ0n) is 16.0. The molecule has 154 valence electrons. The summed E-state index contributed by atoms with van der Waals surface area (Å²) in [6.45, 7) is 2.15. The van der Waals surface area contributed by atoms with Crippen molar-refractivity contribution in [3.8, 4) is 6.07 Å². The van der Waals surface area contributed by atoms with E-state index in [1.165, 1.54) is 10.8 Å². The minimum absolute atomic E-state index is 0.0395. The van der Waals surface area contributed by atoms with Gasteiger partial charge in [-0.1, -0.05) is 6.92 Å². The molecule has 2 aromatic heterocycles. The van der Waals surface area contributed by atoms with Crippen molar-refractivity contribution < 1.29 is 24.5 Å². The lowest BCUT2D eigenvalue weighted by atomic mass is 9.81. The van der Waals surface area contributed by atoms with Crippen molar-refractivity contribution >= 4 is 17.5 Å². The first-order chi connectivity index (χ1) is 13.8. The molecule has 2 saturated carbocycles. The number of carbonyl (C=O) groups excluding carboxylic acids is 1. The highest BCUT2D eigenvalue weighted by atomic mass is 16.7. The summed E-state index contributed by atoms with van der Waals surface area (Å²) in [4.78, 5) is 15.8. The summed E-state index contributed by atoms with van der Waals surface area (Å²) in [5, 5.41) is 35.3. The van der Waals surface area contributed by atoms with Gasteiger partial charge in [0.2, 0.25) is 0 Å². The van der Waals surface area contributed by atoms with Crippen molar-refractivity contribution in [2.24, 2.45) is 11.3 Å². The first-order valence-corrected chi connectivity index (χ1v) is 9.45. The third kappa shape index (κ3) is 3.26. The van der Waals surface area contributed by atoms with Crippen LogP contribution in [0.25, 0.3) is 5.52 Å². The fourth-order valence-corrected chi connectivity index (χ4v) is 3.89. The quantitative estimate of drug-likeness (QED) is 0.616. The minimum Gasteiger partial charge on any atom is -0.434 e. The molecule has 0 amide bonds. The van der Waals surface area contributed by atoms with Crippen LogP contribution >= 0.6 is 0 Å². The topological polar surface area (TPSA) is 156 Å². The Balaban J connectivity index is 1.50. The largest absolute Gasteiger partial charge is 0.508 e. The average Bonchev–Trinajstić information content (AvgIpc) is 3.19. The van der Waals surface area contributed by atoms with Crippen LogP contribution in [0.4, 0.5) is 10.6 Å². The van der Waals surface area contributed by atoms with E-state index in [1.807, 2.05) is 6.92 Å². The molecule has 29 heavy (non-hydrogen) atoms. The fourth-order valence-electron chi connectivity index (χ4n) is 3.89. The van der Waals surface area contributed by atoms with Crippen LogP contribution in [0.2, 0.25) is 0 Å². The summed E-state index contributed by atoms with van der Waals surface area (Å²) in [7, 11) is 0. The Hall–Kier alpha value is -2.90. The van der Waals surface area contributed by atoms with Gasteiger partial charge in [-0.05, 0) is 31.4 Å². The van der Waals surface area contributed by atoms with Crippen molar-refractivity contribution in [2.75, 3.05) is 18.9 Å². The van der Waals surface area contributed by atoms with Crippen LogP contribution in [0, 0.1) is 22.7 Å². The molecule has 10 heteroatoms. The number of rotatable bonds is 5. The van der Waals surface area contributed by atoms with Crippen LogP contribution in [0.1, 0.15) is 31.9 Å². The molecule has 0 bridgehead atoms. The second-order valence-corrected chi connectivity index (χ2v) is 8.30. The number of nitrogens with zero attached hydrogens (tertiary/aromatic N) is 4. The van der Waals surface area contributed by atoms with Gasteiger partial charge in [0.15, 0.2) is 5.82 Å². The molecule has 0 radical (unpaired) electrons. The number of aliphatic hydroxyl groups excluding tert-OH is 2. The van der Waals surface area contributed by atoms with E-state index in [0.29, 0.717) is 17.8 Å². The van der Waals surface area contributed by atoms with Crippen molar-refractivity contribution in [1.82, 2.24) is 14.6 Å².